The van der Waals surface area contributed by atoms with Crippen LogP contribution >= 0.6 is 0 Å². The zero-order chi connectivity index (χ0) is 18.0. The van der Waals surface area contributed by atoms with Gasteiger partial charge in [-0.2, -0.15) is 4.98 Å². The predicted molar refractivity (Wildman–Crippen MR) is 91.4 cm³/mol. The third-order valence-electron chi connectivity index (χ3n) is 4.03. The highest BCUT2D eigenvalue weighted by atomic mass is 32.2. The minimum Gasteiger partial charge on any atom is -0.338 e. The molecule has 2 aromatic carbocycles. The lowest BCUT2D eigenvalue weighted by molar-refractivity contribution is 0.359. The minimum absolute atomic E-state index is 0.110. The van der Waals surface area contributed by atoms with E-state index in [9.17, 15) is 12.8 Å². The summed E-state index contributed by atoms with van der Waals surface area (Å²) in [6.45, 7) is 3.26. The largest absolute Gasteiger partial charge is 0.338 e. The average Bonchev–Trinajstić information content (AvgIpc) is 3.12. The second-order valence-electron chi connectivity index (χ2n) is 5.65. The molecular weight excluding hydrogens is 343 g/mol. The number of hydrogen-bond acceptors (Lipinski definition) is 5. The van der Waals surface area contributed by atoms with Crippen LogP contribution in [0, 0.1) is 5.82 Å². The Balaban J connectivity index is 1.91. The van der Waals surface area contributed by atoms with E-state index in [1.165, 1.54) is 13.0 Å². The summed E-state index contributed by atoms with van der Waals surface area (Å²) in [4.78, 5) is 3.95. The van der Waals surface area contributed by atoms with Gasteiger partial charge in [-0.3, -0.25) is 0 Å². The van der Waals surface area contributed by atoms with Crippen molar-refractivity contribution in [2.45, 2.75) is 24.9 Å². The lowest BCUT2D eigenvalue weighted by Crippen LogP contribution is -2.06. The number of aromatic nitrogens is 2. The molecule has 0 aliphatic heterocycles. The van der Waals surface area contributed by atoms with Gasteiger partial charge in [-0.05, 0) is 29.3 Å². The quantitative estimate of drug-likeness (QED) is 0.691. The van der Waals surface area contributed by atoms with Crippen LogP contribution < -0.4 is 0 Å². The van der Waals surface area contributed by atoms with Gasteiger partial charge in [0.1, 0.15) is 5.82 Å². The molecule has 130 valence electrons. The van der Waals surface area contributed by atoms with Crippen molar-refractivity contribution in [3.05, 3.63) is 65.8 Å². The van der Waals surface area contributed by atoms with E-state index in [-0.39, 0.29) is 22.6 Å². The molecule has 7 heteroatoms. The Hall–Kier alpha value is -2.54. The molecule has 0 aliphatic rings. The third kappa shape index (κ3) is 3.46. The van der Waals surface area contributed by atoms with E-state index in [1.54, 1.807) is 19.1 Å². The molecule has 3 rings (SSSR count). The maximum Gasteiger partial charge on any atom is 0.287 e. The van der Waals surface area contributed by atoms with Crippen LogP contribution in [0.5, 0.6) is 0 Å². The summed E-state index contributed by atoms with van der Waals surface area (Å²) in [5.41, 5.74) is 1.91. The van der Waals surface area contributed by atoms with E-state index in [1.807, 2.05) is 30.3 Å². The number of rotatable bonds is 5. The molecule has 1 heterocycles. The number of hydrogen-bond donors (Lipinski definition) is 0. The second-order valence-corrected chi connectivity index (χ2v) is 7.82. The van der Waals surface area contributed by atoms with Gasteiger partial charge in [-0.15, -0.1) is 0 Å². The molecule has 0 radical (unpaired) electrons. The van der Waals surface area contributed by atoms with Crippen molar-refractivity contribution >= 4 is 9.84 Å². The van der Waals surface area contributed by atoms with Crippen molar-refractivity contribution in [2.75, 3.05) is 5.75 Å². The molecular formula is C18H17FN2O3S. The van der Waals surface area contributed by atoms with Crippen molar-refractivity contribution in [1.82, 2.24) is 10.1 Å². The van der Waals surface area contributed by atoms with Crippen LogP contribution in [0.1, 0.15) is 31.2 Å². The average molecular weight is 360 g/mol. The first kappa shape index (κ1) is 17.3. The van der Waals surface area contributed by atoms with E-state index in [0.717, 1.165) is 5.56 Å². The van der Waals surface area contributed by atoms with Crippen molar-refractivity contribution < 1.29 is 17.3 Å². The highest BCUT2D eigenvalue weighted by Gasteiger charge is 2.23. The monoisotopic (exact) mass is 360 g/mol. The van der Waals surface area contributed by atoms with Crippen molar-refractivity contribution in [3.63, 3.8) is 0 Å². The van der Waals surface area contributed by atoms with Crippen molar-refractivity contribution in [1.29, 1.82) is 0 Å². The first-order chi connectivity index (χ1) is 11.9. The third-order valence-corrected chi connectivity index (χ3v) is 5.51. The lowest BCUT2D eigenvalue weighted by Gasteiger charge is -2.10. The summed E-state index contributed by atoms with van der Waals surface area (Å²) in [5, 5.41) is 3.19. The van der Waals surface area contributed by atoms with Crippen LogP contribution in [0.15, 0.2) is 58.2 Å². The number of halogens is 1. The van der Waals surface area contributed by atoms with Gasteiger partial charge in [-0.1, -0.05) is 49.4 Å². The van der Waals surface area contributed by atoms with Gasteiger partial charge in [0.25, 0.3) is 5.16 Å². The molecule has 1 atom stereocenters. The smallest absolute Gasteiger partial charge is 0.287 e. The molecule has 0 amide bonds. The molecule has 5 nitrogen and oxygen atoms in total. The SMILES string of the molecule is CCS(=O)(=O)c1noc(C(C)c2ccc(-c3ccccc3)c(F)c2)n1. The van der Waals surface area contributed by atoms with Gasteiger partial charge in [-0.25, -0.2) is 12.8 Å². The molecule has 0 saturated heterocycles. The number of benzene rings is 2. The zero-order valence-electron chi connectivity index (χ0n) is 13.8. The maximum atomic E-state index is 14.5. The van der Waals surface area contributed by atoms with Crippen molar-refractivity contribution in [3.8, 4) is 11.1 Å². The molecule has 0 aliphatic carbocycles. The Bertz CT molecular complexity index is 985. The molecule has 0 spiro atoms. The Morgan fingerprint density at radius 3 is 2.52 bits per heavy atom. The van der Waals surface area contributed by atoms with Crippen LogP contribution in [0.3, 0.4) is 0 Å². The van der Waals surface area contributed by atoms with Crippen LogP contribution in [0.25, 0.3) is 11.1 Å². The van der Waals surface area contributed by atoms with Gasteiger partial charge in [0.05, 0.1) is 11.7 Å². The fraction of sp³-hybridized carbons (Fsp3) is 0.222. The standard InChI is InChI=1S/C18H17FN2O3S/c1-3-25(22,23)18-20-17(24-21-18)12(2)14-9-10-15(16(19)11-14)13-7-5-4-6-8-13/h4-12H,3H2,1-2H3. The van der Waals surface area contributed by atoms with E-state index in [2.05, 4.69) is 10.1 Å². The molecule has 0 fully saturated rings. The maximum absolute atomic E-state index is 14.5. The molecule has 3 aromatic rings. The topological polar surface area (TPSA) is 73.1 Å². The number of nitrogens with zero attached hydrogens (tertiary/aromatic N) is 2. The lowest BCUT2D eigenvalue weighted by atomic mass is 9.97. The van der Waals surface area contributed by atoms with Crippen LogP contribution in [0.4, 0.5) is 4.39 Å². The Labute approximate surface area is 145 Å². The highest BCUT2D eigenvalue weighted by Crippen LogP contribution is 2.29. The van der Waals surface area contributed by atoms with Gasteiger partial charge in [0.2, 0.25) is 15.7 Å². The molecule has 0 saturated carbocycles. The van der Waals surface area contributed by atoms with E-state index in [4.69, 9.17) is 4.52 Å². The van der Waals surface area contributed by atoms with Crippen molar-refractivity contribution in [2.24, 2.45) is 0 Å². The Morgan fingerprint density at radius 1 is 1.16 bits per heavy atom. The van der Waals surface area contributed by atoms with E-state index >= 15 is 0 Å². The first-order valence-corrected chi connectivity index (χ1v) is 9.49. The minimum atomic E-state index is -3.53. The van der Waals surface area contributed by atoms with Crippen LogP contribution in [-0.4, -0.2) is 24.3 Å². The summed E-state index contributed by atoms with van der Waals surface area (Å²) in [5.74, 6) is -0.760. The molecule has 0 bridgehead atoms. The zero-order valence-corrected chi connectivity index (χ0v) is 14.6. The van der Waals surface area contributed by atoms with E-state index < -0.39 is 15.8 Å². The van der Waals surface area contributed by atoms with E-state index in [0.29, 0.717) is 11.1 Å². The fourth-order valence-corrected chi connectivity index (χ4v) is 3.09. The first-order valence-electron chi connectivity index (χ1n) is 7.83. The normalized spacial score (nSPS) is 12.9. The Kier molecular flexibility index (Phi) is 4.67. The van der Waals surface area contributed by atoms with Gasteiger partial charge >= 0.3 is 0 Å². The number of sulfone groups is 1. The van der Waals surface area contributed by atoms with Crippen LogP contribution in [-0.2, 0) is 9.84 Å². The van der Waals surface area contributed by atoms with Gasteiger partial charge in [0.15, 0.2) is 0 Å². The second kappa shape index (κ2) is 6.76. The van der Waals surface area contributed by atoms with Crippen LogP contribution in [0.2, 0.25) is 0 Å². The highest BCUT2D eigenvalue weighted by molar-refractivity contribution is 7.91. The van der Waals surface area contributed by atoms with Gasteiger partial charge < -0.3 is 4.52 Å². The molecule has 1 unspecified atom stereocenters. The fourth-order valence-electron chi connectivity index (χ4n) is 2.45. The Morgan fingerprint density at radius 2 is 1.88 bits per heavy atom. The predicted octanol–water partition coefficient (Wildman–Crippen LogP) is 3.82. The summed E-state index contributed by atoms with van der Waals surface area (Å²) in [7, 11) is -3.53. The summed E-state index contributed by atoms with van der Waals surface area (Å²) in [6.07, 6.45) is 0. The molecule has 1 aromatic heterocycles. The molecule has 0 N–H and O–H groups in total. The molecule has 25 heavy (non-hydrogen) atoms. The summed E-state index contributed by atoms with van der Waals surface area (Å²) in [6, 6.07) is 14.1. The van der Waals surface area contributed by atoms with Gasteiger partial charge in [0, 0.05) is 5.56 Å². The summed E-state index contributed by atoms with van der Waals surface area (Å²) < 4.78 is 43.1. The summed E-state index contributed by atoms with van der Waals surface area (Å²) >= 11 is 0.